The molecule has 0 aliphatic rings. The first-order valence-electron chi connectivity index (χ1n) is 8.09. The molecule has 1 heterocycles. The van der Waals surface area contributed by atoms with Crippen LogP contribution in [0.4, 0.5) is 0 Å². The molecule has 25 heavy (non-hydrogen) atoms. The Labute approximate surface area is 152 Å². The summed E-state index contributed by atoms with van der Waals surface area (Å²) in [5.41, 5.74) is -0.217. The Morgan fingerprint density at radius 2 is 1.48 bits per heavy atom. The Bertz CT molecular complexity index is 869. The second kappa shape index (κ2) is 6.45. The van der Waals surface area contributed by atoms with Gasteiger partial charge in [0.05, 0.1) is 0 Å². The fraction of sp³-hybridized carbons (Fsp3) is 0.250. The molecule has 0 aliphatic carbocycles. The molecule has 1 unspecified atom stereocenters. The summed E-state index contributed by atoms with van der Waals surface area (Å²) in [5, 5.41) is 8.43. The van der Waals surface area contributed by atoms with Crippen molar-refractivity contribution >= 4 is 17.4 Å². The van der Waals surface area contributed by atoms with Crippen LogP contribution in [-0.2, 0) is 10.3 Å². The van der Waals surface area contributed by atoms with Gasteiger partial charge >= 0.3 is 0 Å². The number of benzene rings is 2. The standard InChI is InChI=1S/C20H20ClN3O/c1-19(2,3)18(25)20(24-13-22-23-14-24,15-9-5-4-6-10-15)16-11-7-8-12-17(16)21/h4-14H,1-3H3. The third kappa shape index (κ3) is 2.87. The van der Waals surface area contributed by atoms with Crippen molar-refractivity contribution in [2.75, 3.05) is 0 Å². The van der Waals surface area contributed by atoms with Gasteiger partial charge in [0.25, 0.3) is 0 Å². The van der Waals surface area contributed by atoms with E-state index in [0.717, 1.165) is 5.56 Å². The molecule has 0 bridgehead atoms. The molecule has 2 aromatic carbocycles. The molecule has 0 amide bonds. The maximum Gasteiger partial charge on any atom is 0.173 e. The van der Waals surface area contributed by atoms with Gasteiger partial charge in [-0.25, -0.2) is 0 Å². The average molecular weight is 354 g/mol. The second-order valence-electron chi connectivity index (χ2n) is 7.00. The lowest BCUT2D eigenvalue weighted by atomic mass is 9.70. The van der Waals surface area contributed by atoms with Crippen molar-refractivity contribution in [1.29, 1.82) is 0 Å². The monoisotopic (exact) mass is 353 g/mol. The van der Waals surface area contributed by atoms with Crippen molar-refractivity contribution in [3.8, 4) is 0 Å². The van der Waals surface area contributed by atoms with Gasteiger partial charge in [0.2, 0.25) is 0 Å². The molecule has 128 valence electrons. The number of ketones is 1. The number of carbonyl (C=O) groups is 1. The third-order valence-corrected chi connectivity index (χ3v) is 4.60. The zero-order chi connectivity index (χ0) is 18.1. The summed E-state index contributed by atoms with van der Waals surface area (Å²) in [5.74, 6) is 0.0131. The number of hydrogen-bond donors (Lipinski definition) is 0. The van der Waals surface area contributed by atoms with E-state index in [2.05, 4.69) is 10.2 Å². The van der Waals surface area contributed by atoms with E-state index in [0.29, 0.717) is 10.6 Å². The predicted octanol–water partition coefficient (Wildman–Crippen LogP) is 4.34. The van der Waals surface area contributed by atoms with Gasteiger partial charge in [0, 0.05) is 16.0 Å². The van der Waals surface area contributed by atoms with Gasteiger partial charge in [-0.1, -0.05) is 80.9 Å². The molecule has 0 fully saturated rings. The van der Waals surface area contributed by atoms with Gasteiger partial charge < -0.3 is 0 Å². The number of nitrogens with zero attached hydrogens (tertiary/aromatic N) is 3. The van der Waals surface area contributed by atoms with Crippen LogP contribution in [-0.4, -0.2) is 20.5 Å². The minimum Gasteiger partial charge on any atom is -0.298 e. The summed E-state index contributed by atoms with van der Waals surface area (Å²) < 4.78 is 1.75. The fourth-order valence-corrected chi connectivity index (χ4v) is 3.44. The van der Waals surface area contributed by atoms with E-state index in [1.807, 2.05) is 69.3 Å². The molecular weight excluding hydrogens is 334 g/mol. The van der Waals surface area contributed by atoms with E-state index < -0.39 is 11.0 Å². The van der Waals surface area contributed by atoms with Crippen LogP contribution in [0.15, 0.2) is 67.3 Å². The number of halogens is 1. The van der Waals surface area contributed by atoms with Crippen molar-refractivity contribution < 1.29 is 4.79 Å². The van der Waals surface area contributed by atoms with Crippen LogP contribution in [0.3, 0.4) is 0 Å². The molecular formula is C20H20ClN3O. The Balaban J connectivity index is 2.45. The lowest BCUT2D eigenvalue weighted by Gasteiger charge is -2.39. The van der Waals surface area contributed by atoms with Crippen LogP contribution in [0.1, 0.15) is 31.9 Å². The summed E-state index contributed by atoms with van der Waals surface area (Å²) in [6.45, 7) is 5.73. The highest BCUT2D eigenvalue weighted by molar-refractivity contribution is 6.32. The second-order valence-corrected chi connectivity index (χ2v) is 7.41. The molecule has 1 aromatic heterocycles. The lowest BCUT2D eigenvalue weighted by Crippen LogP contribution is -2.49. The van der Waals surface area contributed by atoms with Gasteiger partial charge in [-0.15, -0.1) is 10.2 Å². The van der Waals surface area contributed by atoms with E-state index >= 15 is 0 Å². The molecule has 0 aliphatic heterocycles. The summed E-state index contributed by atoms with van der Waals surface area (Å²) >= 11 is 6.56. The van der Waals surface area contributed by atoms with Gasteiger partial charge in [-0.05, 0) is 11.6 Å². The minimum atomic E-state index is -1.14. The first-order valence-corrected chi connectivity index (χ1v) is 8.47. The van der Waals surface area contributed by atoms with Crippen molar-refractivity contribution in [2.24, 2.45) is 5.41 Å². The quantitative estimate of drug-likeness (QED) is 0.701. The lowest BCUT2D eigenvalue weighted by molar-refractivity contribution is -0.131. The van der Waals surface area contributed by atoms with E-state index in [1.54, 1.807) is 23.3 Å². The minimum absolute atomic E-state index is 0.0131. The zero-order valence-electron chi connectivity index (χ0n) is 14.5. The van der Waals surface area contributed by atoms with Crippen LogP contribution in [0.2, 0.25) is 5.02 Å². The highest BCUT2D eigenvalue weighted by Gasteiger charge is 2.49. The molecule has 0 saturated heterocycles. The Morgan fingerprint density at radius 3 is 2.04 bits per heavy atom. The number of aromatic nitrogens is 3. The number of Topliss-reactive ketones (excluding diaryl/α,β-unsaturated/α-hetero) is 1. The highest BCUT2D eigenvalue weighted by Crippen LogP contribution is 2.42. The molecule has 3 rings (SSSR count). The van der Waals surface area contributed by atoms with Crippen molar-refractivity contribution in [2.45, 2.75) is 26.3 Å². The summed E-state index contributed by atoms with van der Waals surface area (Å²) in [6, 6.07) is 17.1. The summed E-state index contributed by atoms with van der Waals surface area (Å²) in [6.07, 6.45) is 3.14. The fourth-order valence-electron chi connectivity index (χ4n) is 3.16. The van der Waals surface area contributed by atoms with Crippen molar-refractivity contribution in [3.63, 3.8) is 0 Å². The first-order chi connectivity index (χ1) is 11.9. The van der Waals surface area contributed by atoms with Gasteiger partial charge in [0.15, 0.2) is 11.3 Å². The SMILES string of the molecule is CC(C)(C)C(=O)C(c1ccccc1)(c1ccccc1Cl)n1cnnc1. The van der Waals surface area contributed by atoms with Crippen LogP contribution in [0.25, 0.3) is 0 Å². The number of carbonyl (C=O) groups excluding carboxylic acids is 1. The maximum absolute atomic E-state index is 13.8. The smallest absolute Gasteiger partial charge is 0.173 e. The van der Waals surface area contributed by atoms with Gasteiger partial charge in [0.1, 0.15) is 12.7 Å². The van der Waals surface area contributed by atoms with Crippen LogP contribution in [0, 0.1) is 5.41 Å². The molecule has 1 atom stereocenters. The molecule has 0 spiro atoms. The summed E-state index contributed by atoms with van der Waals surface area (Å²) in [4.78, 5) is 13.8. The molecule has 5 heteroatoms. The normalized spacial score (nSPS) is 14.1. The van der Waals surface area contributed by atoms with Crippen LogP contribution >= 0.6 is 11.6 Å². The highest BCUT2D eigenvalue weighted by atomic mass is 35.5. The Kier molecular flexibility index (Phi) is 4.48. The molecule has 0 saturated carbocycles. The summed E-state index contributed by atoms with van der Waals surface area (Å²) in [7, 11) is 0. The van der Waals surface area contributed by atoms with Crippen molar-refractivity contribution in [3.05, 3.63) is 83.4 Å². The van der Waals surface area contributed by atoms with Gasteiger partial charge in [-0.2, -0.15) is 0 Å². The third-order valence-electron chi connectivity index (χ3n) is 4.27. The van der Waals surface area contributed by atoms with E-state index in [9.17, 15) is 4.79 Å². The van der Waals surface area contributed by atoms with Gasteiger partial charge in [-0.3, -0.25) is 9.36 Å². The van der Waals surface area contributed by atoms with Crippen LogP contribution < -0.4 is 0 Å². The number of hydrogen-bond acceptors (Lipinski definition) is 3. The Morgan fingerprint density at radius 1 is 0.920 bits per heavy atom. The zero-order valence-corrected chi connectivity index (χ0v) is 15.2. The average Bonchev–Trinajstić information content (AvgIpc) is 3.12. The predicted molar refractivity (Wildman–Crippen MR) is 98.6 cm³/mol. The first kappa shape index (κ1) is 17.4. The van der Waals surface area contributed by atoms with Crippen molar-refractivity contribution in [1.82, 2.24) is 14.8 Å². The van der Waals surface area contributed by atoms with E-state index in [1.165, 1.54) is 0 Å². The molecule has 0 radical (unpaired) electrons. The molecule has 3 aromatic rings. The van der Waals surface area contributed by atoms with E-state index in [-0.39, 0.29) is 5.78 Å². The largest absolute Gasteiger partial charge is 0.298 e. The maximum atomic E-state index is 13.8. The van der Waals surface area contributed by atoms with E-state index in [4.69, 9.17) is 11.6 Å². The number of rotatable bonds is 4. The molecule has 4 nitrogen and oxygen atoms in total. The molecule has 0 N–H and O–H groups in total. The Hall–Kier alpha value is -2.46. The topological polar surface area (TPSA) is 47.8 Å². The van der Waals surface area contributed by atoms with Crippen LogP contribution in [0.5, 0.6) is 0 Å².